The lowest BCUT2D eigenvalue weighted by atomic mass is 9.97. The molecule has 1 fully saturated rings. The quantitative estimate of drug-likeness (QED) is 0.631. The third-order valence-corrected chi connectivity index (χ3v) is 3.19. The van der Waals surface area contributed by atoms with E-state index < -0.39 is 0 Å². The summed E-state index contributed by atoms with van der Waals surface area (Å²) in [7, 11) is 0. The van der Waals surface area contributed by atoms with Gasteiger partial charge in [-0.25, -0.2) is 0 Å². The highest BCUT2D eigenvalue weighted by atomic mass is 16.5. The van der Waals surface area contributed by atoms with Crippen molar-refractivity contribution in [3.05, 3.63) is 0 Å². The van der Waals surface area contributed by atoms with Gasteiger partial charge in [-0.05, 0) is 45.1 Å². The molecule has 0 aromatic rings. The molecule has 1 saturated carbocycles. The Morgan fingerprint density at radius 2 is 2.07 bits per heavy atom. The zero-order valence-electron chi connectivity index (χ0n) is 10.0. The first-order chi connectivity index (χ1) is 7.24. The first kappa shape index (κ1) is 12.9. The Morgan fingerprint density at radius 1 is 1.33 bits per heavy atom. The lowest BCUT2D eigenvalue weighted by Crippen LogP contribution is -2.29. The second-order valence-corrected chi connectivity index (χ2v) is 4.76. The van der Waals surface area contributed by atoms with Gasteiger partial charge in [0.15, 0.2) is 0 Å². The van der Waals surface area contributed by atoms with Crippen molar-refractivity contribution in [2.24, 2.45) is 11.8 Å². The van der Waals surface area contributed by atoms with Crippen LogP contribution in [0.25, 0.3) is 0 Å². The van der Waals surface area contributed by atoms with Crippen LogP contribution in [0, 0.1) is 11.8 Å². The summed E-state index contributed by atoms with van der Waals surface area (Å²) in [5.41, 5.74) is 0. The highest BCUT2D eigenvalue weighted by molar-refractivity contribution is 4.78. The number of hydrogen-bond acceptors (Lipinski definition) is 3. The molecule has 2 unspecified atom stereocenters. The van der Waals surface area contributed by atoms with Crippen LogP contribution in [0.2, 0.25) is 0 Å². The summed E-state index contributed by atoms with van der Waals surface area (Å²) in [6.45, 7) is 7.21. The molecule has 0 aromatic heterocycles. The normalized spacial score (nSPS) is 26.4. The average Bonchev–Trinajstić information content (AvgIpc) is 2.64. The third kappa shape index (κ3) is 4.96. The summed E-state index contributed by atoms with van der Waals surface area (Å²) < 4.78 is 5.45. The van der Waals surface area contributed by atoms with Crippen molar-refractivity contribution < 1.29 is 9.84 Å². The van der Waals surface area contributed by atoms with E-state index in [0.29, 0.717) is 24.5 Å². The number of nitrogens with one attached hydrogen (secondary N) is 1. The molecule has 0 amide bonds. The van der Waals surface area contributed by atoms with Crippen LogP contribution in [-0.4, -0.2) is 37.5 Å². The molecule has 2 atom stereocenters. The van der Waals surface area contributed by atoms with Gasteiger partial charge in [-0.1, -0.05) is 6.42 Å². The van der Waals surface area contributed by atoms with Gasteiger partial charge in [-0.3, -0.25) is 0 Å². The Morgan fingerprint density at radius 3 is 2.73 bits per heavy atom. The number of rotatable bonds is 7. The number of hydrogen-bond donors (Lipinski definition) is 2. The van der Waals surface area contributed by atoms with Crippen LogP contribution < -0.4 is 5.32 Å². The van der Waals surface area contributed by atoms with E-state index >= 15 is 0 Å². The number of aliphatic hydroxyl groups is 1. The average molecular weight is 215 g/mol. The molecule has 15 heavy (non-hydrogen) atoms. The molecule has 3 nitrogen and oxygen atoms in total. The summed E-state index contributed by atoms with van der Waals surface area (Å²) in [6, 6.07) is 0. The van der Waals surface area contributed by atoms with E-state index in [0.717, 1.165) is 19.7 Å². The number of aliphatic hydroxyl groups excluding tert-OH is 1. The maximum atomic E-state index is 9.16. The topological polar surface area (TPSA) is 41.5 Å². The molecule has 0 aromatic carbocycles. The SMILES string of the molecule is CC(C)OCCNCC1CCCC1CO. The largest absolute Gasteiger partial charge is 0.396 e. The predicted molar refractivity (Wildman–Crippen MR) is 61.9 cm³/mol. The fourth-order valence-electron chi connectivity index (χ4n) is 2.28. The zero-order chi connectivity index (χ0) is 11.1. The van der Waals surface area contributed by atoms with E-state index in [-0.39, 0.29) is 0 Å². The van der Waals surface area contributed by atoms with Gasteiger partial charge in [-0.2, -0.15) is 0 Å². The number of ether oxygens (including phenoxy) is 1. The Balaban J connectivity index is 1.99. The summed E-state index contributed by atoms with van der Waals surface area (Å²) in [5, 5.41) is 12.6. The molecule has 2 N–H and O–H groups in total. The fraction of sp³-hybridized carbons (Fsp3) is 1.00. The lowest BCUT2D eigenvalue weighted by molar-refractivity contribution is 0.0797. The minimum absolute atomic E-state index is 0.323. The Bertz CT molecular complexity index is 162. The highest BCUT2D eigenvalue weighted by Gasteiger charge is 2.25. The lowest BCUT2D eigenvalue weighted by Gasteiger charge is -2.18. The first-order valence-electron chi connectivity index (χ1n) is 6.17. The van der Waals surface area contributed by atoms with Crippen molar-refractivity contribution in [1.82, 2.24) is 5.32 Å². The third-order valence-electron chi connectivity index (χ3n) is 3.19. The summed E-state index contributed by atoms with van der Waals surface area (Å²) >= 11 is 0. The molecule has 1 aliphatic rings. The molecule has 0 spiro atoms. The molecule has 3 heteroatoms. The van der Waals surface area contributed by atoms with Crippen molar-refractivity contribution in [1.29, 1.82) is 0 Å². The zero-order valence-corrected chi connectivity index (χ0v) is 10.0. The summed E-state index contributed by atoms with van der Waals surface area (Å²) in [4.78, 5) is 0. The van der Waals surface area contributed by atoms with Crippen molar-refractivity contribution in [3.8, 4) is 0 Å². The second kappa shape index (κ2) is 7.20. The van der Waals surface area contributed by atoms with Crippen LogP contribution in [0.5, 0.6) is 0 Å². The van der Waals surface area contributed by atoms with Gasteiger partial charge < -0.3 is 15.2 Å². The van der Waals surface area contributed by atoms with Crippen LogP contribution in [0.1, 0.15) is 33.1 Å². The van der Waals surface area contributed by atoms with Gasteiger partial charge in [-0.15, -0.1) is 0 Å². The van der Waals surface area contributed by atoms with Gasteiger partial charge >= 0.3 is 0 Å². The predicted octanol–water partition coefficient (Wildman–Crippen LogP) is 1.41. The minimum Gasteiger partial charge on any atom is -0.396 e. The smallest absolute Gasteiger partial charge is 0.0594 e. The van der Waals surface area contributed by atoms with E-state index in [1.165, 1.54) is 19.3 Å². The molecular weight excluding hydrogens is 190 g/mol. The van der Waals surface area contributed by atoms with E-state index in [1.54, 1.807) is 0 Å². The minimum atomic E-state index is 0.323. The molecule has 0 bridgehead atoms. The Hall–Kier alpha value is -0.120. The Kier molecular flexibility index (Phi) is 6.22. The molecule has 0 saturated heterocycles. The first-order valence-corrected chi connectivity index (χ1v) is 6.17. The Labute approximate surface area is 93.2 Å². The van der Waals surface area contributed by atoms with Gasteiger partial charge in [0.25, 0.3) is 0 Å². The van der Waals surface area contributed by atoms with Gasteiger partial charge in [0.05, 0.1) is 12.7 Å². The van der Waals surface area contributed by atoms with Crippen LogP contribution in [-0.2, 0) is 4.74 Å². The highest BCUT2D eigenvalue weighted by Crippen LogP contribution is 2.30. The molecule has 90 valence electrons. The van der Waals surface area contributed by atoms with Gasteiger partial charge in [0.1, 0.15) is 0 Å². The van der Waals surface area contributed by atoms with Crippen LogP contribution in [0.3, 0.4) is 0 Å². The molecule has 1 rings (SSSR count). The molecule has 1 aliphatic carbocycles. The van der Waals surface area contributed by atoms with Crippen LogP contribution in [0.4, 0.5) is 0 Å². The van der Waals surface area contributed by atoms with Crippen LogP contribution in [0.15, 0.2) is 0 Å². The molecule has 0 heterocycles. The van der Waals surface area contributed by atoms with E-state index in [1.807, 2.05) is 0 Å². The van der Waals surface area contributed by atoms with E-state index in [9.17, 15) is 0 Å². The maximum absolute atomic E-state index is 9.16. The van der Waals surface area contributed by atoms with Gasteiger partial charge in [0, 0.05) is 13.2 Å². The standard InChI is InChI=1S/C12H25NO2/c1-10(2)15-7-6-13-8-11-4-3-5-12(11)9-14/h10-14H,3-9H2,1-2H3. The second-order valence-electron chi connectivity index (χ2n) is 4.76. The molecule has 0 aliphatic heterocycles. The van der Waals surface area contributed by atoms with Crippen molar-refractivity contribution in [3.63, 3.8) is 0 Å². The van der Waals surface area contributed by atoms with Gasteiger partial charge in [0.2, 0.25) is 0 Å². The van der Waals surface area contributed by atoms with E-state index in [2.05, 4.69) is 19.2 Å². The van der Waals surface area contributed by atoms with Crippen molar-refractivity contribution in [2.45, 2.75) is 39.2 Å². The van der Waals surface area contributed by atoms with E-state index in [4.69, 9.17) is 9.84 Å². The summed E-state index contributed by atoms with van der Waals surface area (Å²) in [5.74, 6) is 1.21. The monoisotopic (exact) mass is 215 g/mol. The van der Waals surface area contributed by atoms with Crippen molar-refractivity contribution >= 4 is 0 Å². The fourth-order valence-corrected chi connectivity index (χ4v) is 2.28. The maximum Gasteiger partial charge on any atom is 0.0594 e. The summed E-state index contributed by atoms with van der Waals surface area (Å²) in [6.07, 6.45) is 4.07. The van der Waals surface area contributed by atoms with Crippen molar-refractivity contribution in [2.75, 3.05) is 26.3 Å². The molecule has 0 radical (unpaired) electrons. The van der Waals surface area contributed by atoms with Crippen LogP contribution >= 0.6 is 0 Å². The molecular formula is C12H25NO2.